The molecule has 0 aromatic rings. The van der Waals surface area contributed by atoms with E-state index in [9.17, 15) is 4.57 Å². The lowest BCUT2D eigenvalue weighted by Crippen LogP contribution is -2.16. The average molecular weight is 365 g/mol. The molecular formula is C19H41O4P. The van der Waals surface area contributed by atoms with Crippen LogP contribution in [0.1, 0.15) is 106 Å². The normalized spacial score (nSPS) is 17.0. The summed E-state index contributed by atoms with van der Waals surface area (Å²) in [5.41, 5.74) is 0. The maximum atomic E-state index is 13.0. The first kappa shape index (κ1) is 24.1. The zero-order chi connectivity index (χ0) is 18.4. The fraction of sp³-hybridized carbons (Fsp3) is 1.00. The van der Waals surface area contributed by atoms with Gasteiger partial charge in [0.15, 0.2) is 0 Å². The highest BCUT2D eigenvalue weighted by atomic mass is 31.2. The number of hydrogen-bond donors (Lipinski definition) is 0. The zero-order valence-corrected chi connectivity index (χ0v) is 17.8. The molecule has 2 atom stereocenters. The van der Waals surface area contributed by atoms with Gasteiger partial charge in [0.25, 0.3) is 0 Å². The molecule has 0 aromatic heterocycles. The Morgan fingerprint density at radius 2 is 1.08 bits per heavy atom. The van der Waals surface area contributed by atoms with Gasteiger partial charge in [-0.25, -0.2) is 4.57 Å². The SMILES string of the molecule is CCCCCCC(C)OP(=O)(OC(C)C)OC(C)CCCCCC. The van der Waals surface area contributed by atoms with Crippen LogP contribution in [0.3, 0.4) is 0 Å². The minimum absolute atomic E-state index is 0.112. The molecule has 0 fully saturated rings. The van der Waals surface area contributed by atoms with Crippen LogP contribution in [-0.4, -0.2) is 18.3 Å². The summed E-state index contributed by atoms with van der Waals surface area (Å²) in [6, 6.07) is 0. The van der Waals surface area contributed by atoms with Crippen molar-refractivity contribution in [1.29, 1.82) is 0 Å². The van der Waals surface area contributed by atoms with E-state index in [1.54, 1.807) is 0 Å². The van der Waals surface area contributed by atoms with Crippen molar-refractivity contribution in [2.24, 2.45) is 0 Å². The summed E-state index contributed by atoms with van der Waals surface area (Å²) in [5, 5.41) is 0. The van der Waals surface area contributed by atoms with Gasteiger partial charge in [-0.05, 0) is 40.5 Å². The van der Waals surface area contributed by atoms with E-state index in [4.69, 9.17) is 13.6 Å². The van der Waals surface area contributed by atoms with E-state index in [1.165, 1.54) is 38.5 Å². The van der Waals surface area contributed by atoms with Crippen LogP contribution in [0.25, 0.3) is 0 Å². The van der Waals surface area contributed by atoms with Crippen molar-refractivity contribution < 1.29 is 18.1 Å². The van der Waals surface area contributed by atoms with E-state index in [2.05, 4.69) is 13.8 Å². The molecule has 5 heteroatoms. The molecular weight excluding hydrogens is 323 g/mol. The predicted octanol–water partition coefficient (Wildman–Crippen LogP) is 7.27. The molecule has 0 spiro atoms. The van der Waals surface area contributed by atoms with Gasteiger partial charge in [0.05, 0.1) is 18.3 Å². The van der Waals surface area contributed by atoms with E-state index >= 15 is 0 Å². The van der Waals surface area contributed by atoms with Crippen molar-refractivity contribution in [3.63, 3.8) is 0 Å². The van der Waals surface area contributed by atoms with Gasteiger partial charge in [0, 0.05) is 0 Å². The van der Waals surface area contributed by atoms with Crippen LogP contribution in [0.2, 0.25) is 0 Å². The molecule has 0 aromatic carbocycles. The quantitative estimate of drug-likeness (QED) is 0.213. The van der Waals surface area contributed by atoms with Gasteiger partial charge >= 0.3 is 7.82 Å². The van der Waals surface area contributed by atoms with Gasteiger partial charge in [-0.15, -0.1) is 0 Å². The molecule has 146 valence electrons. The Labute approximate surface area is 150 Å². The minimum Gasteiger partial charge on any atom is -0.284 e. The molecule has 0 aliphatic rings. The van der Waals surface area contributed by atoms with Crippen LogP contribution < -0.4 is 0 Å². The number of phosphoric ester groups is 1. The lowest BCUT2D eigenvalue weighted by molar-refractivity contribution is 0.0420. The maximum absolute atomic E-state index is 13.0. The first-order valence-corrected chi connectivity index (χ1v) is 11.4. The summed E-state index contributed by atoms with van der Waals surface area (Å²) in [7, 11) is -3.50. The Balaban J connectivity index is 4.40. The second-order valence-electron chi connectivity index (χ2n) is 7.13. The average Bonchev–Trinajstić information content (AvgIpc) is 2.46. The lowest BCUT2D eigenvalue weighted by Gasteiger charge is -2.26. The van der Waals surface area contributed by atoms with E-state index in [-0.39, 0.29) is 18.3 Å². The lowest BCUT2D eigenvalue weighted by atomic mass is 10.1. The van der Waals surface area contributed by atoms with Crippen LogP contribution in [0.4, 0.5) is 0 Å². The molecule has 4 nitrogen and oxygen atoms in total. The summed E-state index contributed by atoms with van der Waals surface area (Å²) in [4.78, 5) is 0. The Morgan fingerprint density at radius 1 is 0.667 bits per heavy atom. The highest BCUT2D eigenvalue weighted by Gasteiger charge is 2.32. The zero-order valence-electron chi connectivity index (χ0n) is 16.9. The molecule has 0 aliphatic heterocycles. The largest absolute Gasteiger partial charge is 0.475 e. The Morgan fingerprint density at radius 3 is 1.42 bits per heavy atom. The highest BCUT2D eigenvalue weighted by Crippen LogP contribution is 2.53. The van der Waals surface area contributed by atoms with E-state index in [0.717, 1.165) is 25.7 Å². The van der Waals surface area contributed by atoms with E-state index < -0.39 is 7.82 Å². The first-order valence-electron chi connectivity index (χ1n) is 9.98. The van der Waals surface area contributed by atoms with Crippen LogP contribution in [0.5, 0.6) is 0 Å². The smallest absolute Gasteiger partial charge is 0.284 e. The summed E-state index contributed by atoms with van der Waals surface area (Å²) in [5.74, 6) is 0. The monoisotopic (exact) mass is 364 g/mol. The van der Waals surface area contributed by atoms with Gasteiger partial charge in [-0.1, -0.05) is 65.2 Å². The second kappa shape index (κ2) is 14.3. The third kappa shape index (κ3) is 13.4. The van der Waals surface area contributed by atoms with Crippen molar-refractivity contribution in [2.75, 3.05) is 0 Å². The molecule has 0 rings (SSSR count). The molecule has 0 radical (unpaired) electrons. The molecule has 0 saturated heterocycles. The summed E-state index contributed by atoms with van der Waals surface area (Å²) < 4.78 is 30.0. The van der Waals surface area contributed by atoms with Gasteiger partial charge in [-0.2, -0.15) is 0 Å². The van der Waals surface area contributed by atoms with Crippen LogP contribution >= 0.6 is 7.82 Å². The van der Waals surface area contributed by atoms with Gasteiger partial charge in [-0.3, -0.25) is 13.6 Å². The number of rotatable bonds is 16. The third-order valence-corrected chi connectivity index (χ3v) is 5.80. The van der Waals surface area contributed by atoms with Gasteiger partial charge < -0.3 is 0 Å². The van der Waals surface area contributed by atoms with E-state index in [1.807, 2.05) is 27.7 Å². The Hall–Kier alpha value is 0.110. The fourth-order valence-corrected chi connectivity index (χ4v) is 4.35. The Bertz CT molecular complexity index is 309. The number of hydrogen-bond acceptors (Lipinski definition) is 4. The molecule has 0 amide bonds. The standard InChI is InChI=1S/C19H41O4P/c1-7-9-11-13-15-18(5)22-24(20,21-17(3)4)23-19(6)16-14-12-10-8-2/h17-19H,7-16H2,1-6H3. The van der Waals surface area contributed by atoms with Crippen molar-refractivity contribution in [2.45, 2.75) is 124 Å². The summed E-state index contributed by atoms with van der Waals surface area (Å²) in [6.07, 6.45) is 10.8. The van der Waals surface area contributed by atoms with Crippen molar-refractivity contribution in [3.05, 3.63) is 0 Å². The highest BCUT2D eigenvalue weighted by molar-refractivity contribution is 7.48. The topological polar surface area (TPSA) is 44.8 Å². The molecule has 0 saturated carbocycles. The van der Waals surface area contributed by atoms with Crippen molar-refractivity contribution in [1.82, 2.24) is 0 Å². The minimum atomic E-state index is -3.50. The van der Waals surface area contributed by atoms with Crippen molar-refractivity contribution in [3.8, 4) is 0 Å². The first-order chi connectivity index (χ1) is 11.3. The van der Waals surface area contributed by atoms with Gasteiger partial charge in [0.1, 0.15) is 0 Å². The van der Waals surface area contributed by atoms with Crippen LogP contribution in [0, 0.1) is 0 Å². The maximum Gasteiger partial charge on any atom is 0.475 e. The molecule has 24 heavy (non-hydrogen) atoms. The van der Waals surface area contributed by atoms with E-state index in [0.29, 0.717) is 0 Å². The molecule has 2 unspecified atom stereocenters. The summed E-state index contributed by atoms with van der Waals surface area (Å²) >= 11 is 0. The second-order valence-corrected chi connectivity index (χ2v) is 8.66. The van der Waals surface area contributed by atoms with Crippen LogP contribution in [-0.2, 0) is 18.1 Å². The third-order valence-electron chi connectivity index (χ3n) is 3.89. The summed E-state index contributed by atoms with van der Waals surface area (Å²) in [6.45, 7) is 12.0. The fourth-order valence-electron chi connectivity index (χ4n) is 2.60. The van der Waals surface area contributed by atoms with Crippen LogP contribution in [0.15, 0.2) is 0 Å². The predicted molar refractivity (Wildman–Crippen MR) is 102 cm³/mol. The Kier molecular flexibility index (Phi) is 14.4. The molecule has 0 bridgehead atoms. The number of unbranched alkanes of at least 4 members (excludes halogenated alkanes) is 6. The van der Waals surface area contributed by atoms with Gasteiger partial charge in [0.2, 0.25) is 0 Å². The molecule has 0 N–H and O–H groups in total. The van der Waals surface area contributed by atoms with Crippen molar-refractivity contribution >= 4 is 7.82 Å². The molecule has 0 aliphatic carbocycles. The molecule has 0 heterocycles. The number of phosphoric acid groups is 1.